The van der Waals surface area contributed by atoms with Crippen molar-refractivity contribution in [3.05, 3.63) is 70.8 Å². The van der Waals surface area contributed by atoms with Gasteiger partial charge in [0.1, 0.15) is 0 Å². The molecule has 0 saturated heterocycles. The number of carbonyl (C=O) groups is 6. The largest absolute Gasteiger partial charge is 2.00 e. The molecule has 0 spiro atoms. The molecule has 0 atom stereocenters. The van der Waals surface area contributed by atoms with Crippen molar-refractivity contribution < 1.29 is 64.9 Å². The Labute approximate surface area is 185 Å². The first-order valence-corrected chi connectivity index (χ1v) is 8.10. The second-order valence-corrected chi connectivity index (χ2v) is 5.43. The topological polar surface area (TPSA) is 167 Å². The van der Waals surface area contributed by atoms with Gasteiger partial charge in [-0.1, -0.05) is 36.4 Å². The van der Waals surface area contributed by atoms with Crippen LogP contribution in [0.3, 0.4) is 0 Å². The van der Waals surface area contributed by atoms with Crippen LogP contribution in [0.15, 0.2) is 48.5 Å². The van der Waals surface area contributed by atoms with E-state index >= 15 is 0 Å². The van der Waals surface area contributed by atoms with Gasteiger partial charge >= 0.3 is 40.4 Å². The Kier molecular flexibility index (Phi) is 11.1. The van der Waals surface area contributed by atoms with Crippen LogP contribution in [0.25, 0.3) is 0 Å². The Morgan fingerprint density at radius 3 is 1.06 bits per heavy atom. The smallest absolute Gasteiger partial charge is 0.545 e. The molecule has 0 aliphatic rings. The maximum Gasteiger partial charge on any atom is 2.00 e. The second kappa shape index (κ2) is 12.7. The van der Waals surface area contributed by atoms with Gasteiger partial charge in [-0.05, 0) is 12.1 Å². The molecule has 0 fully saturated rings. The molecule has 0 saturated carbocycles. The van der Waals surface area contributed by atoms with E-state index in [9.17, 15) is 39.0 Å². The molecule has 10 nitrogen and oxygen atoms in total. The zero-order valence-corrected chi connectivity index (χ0v) is 17.0. The average Bonchev–Trinajstić information content (AvgIpc) is 2.67. The third-order valence-corrected chi connectivity index (χ3v) is 3.21. The van der Waals surface area contributed by atoms with Gasteiger partial charge in [0, 0.05) is 25.0 Å². The molecule has 164 valence electrons. The van der Waals surface area contributed by atoms with Gasteiger partial charge in [0.25, 0.3) is 0 Å². The van der Waals surface area contributed by atoms with Crippen LogP contribution in [0.5, 0.6) is 0 Å². The minimum atomic E-state index is -1.49. The van der Waals surface area contributed by atoms with Crippen molar-refractivity contribution in [1.82, 2.24) is 0 Å². The minimum Gasteiger partial charge on any atom is -0.545 e. The van der Waals surface area contributed by atoms with Gasteiger partial charge in [-0.15, -0.1) is 0 Å². The molecule has 0 heterocycles. The van der Waals surface area contributed by atoms with Gasteiger partial charge in [-0.25, -0.2) is 9.59 Å². The summed E-state index contributed by atoms with van der Waals surface area (Å²) in [4.78, 5) is 64.7. The van der Waals surface area contributed by atoms with Crippen molar-refractivity contribution in [3.8, 4) is 0 Å². The van der Waals surface area contributed by atoms with Crippen LogP contribution >= 0.6 is 0 Å². The van der Waals surface area contributed by atoms with Crippen LogP contribution < -0.4 is 10.2 Å². The van der Waals surface area contributed by atoms with E-state index in [2.05, 4.69) is 9.47 Å². The molecular weight excluding hydrogens is 459 g/mol. The molecule has 0 amide bonds. The summed E-state index contributed by atoms with van der Waals surface area (Å²) in [6.45, 7) is 2.11. The van der Waals surface area contributed by atoms with E-state index in [1.807, 2.05) is 0 Å². The van der Waals surface area contributed by atoms with Gasteiger partial charge in [0.05, 0.1) is 23.1 Å². The predicted molar refractivity (Wildman–Crippen MR) is 93.7 cm³/mol. The van der Waals surface area contributed by atoms with E-state index in [0.29, 0.717) is 0 Å². The SMILES string of the molecule is CC(=O)OC(=O)c1ccccc1C(=O)[O-].CC(=O)OC(=O)c1ccccc1C(=O)[O-].[Ni+2]. The number of carboxylic acids is 2. The van der Waals surface area contributed by atoms with Crippen molar-refractivity contribution >= 4 is 35.8 Å². The molecule has 2 aromatic carbocycles. The minimum absolute atomic E-state index is 0. The maximum absolute atomic E-state index is 11.2. The van der Waals surface area contributed by atoms with Crippen LogP contribution in [0, 0.1) is 0 Å². The number of hydrogen-bond donors (Lipinski definition) is 0. The Morgan fingerprint density at radius 1 is 0.581 bits per heavy atom. The first-order valence-electron chi connectivity index (χ1n) is 8.10. The van der Waals surface area contributed by atoms with Gasteiger partial charge in [-0.2, -0.15) is 0 Å². The van der Waals surface area contributed by atoms with E-state index in [4.69, 9.17) is 0 Å². The van der Waals surface area contributed by atoms with Crippen molar-refractivity contribution in [2.45, 2.75) is 13.8 Å². The summed E-state index contributed by atoms with van der Waals surface area (Å²) in [5.41, 5.74) is -1.01. The zero-order valence-electron chi connectivity index (χ0n) is 16.0. The van der Waals surface area contributed by atoms with Gasteiger partial charge in [0.15, 0.2) is 0 Å². The number of carbonyl (C=O) groups excluding carboxylic acids is 6. The fraction of sp³-hybridized carbons (Fsp3) is 0.100. The number of rotatable bonds is 4. The van der Waals surface area contributed by atoms with Crippen LogP contribution in [-0.4, -0.2) is 35.8 Å². The van der Waals surface area contributed by atoms with Crippen LogP contribution in [0.2, 0.25) is 0 Å². The average molecular weight is 473 g/mol. The summed E-state index contributed by atoms with van der Waals surface area (Å²) >= 11 is 0. The van der Waals surface area contributed by atoms with Crippen molar-refractivity contribution in [2.24, 2.45) is 0 Å². The molecule has 0 unspecified atom stereocenters. The second-order valence-electron chi connectivity index (χ2n) is 5.43. The summed E-state index contributed by atoms with van der Waals surface area (Å²) in [6.07, 6.45) is 0. The predicted octanol–water partition coefficient (Wildman–Crippen LogP) is -0.496. The van der Waals surface area contributed by atoms with Crippen LogP contribution in [0.4, 0.5) is 0 Å². The summed E-state index contributed by atoms with van der Waals surface area (Å²) in [6, 6.07) is 10.7. The normalized spacial score (nSPS) is 9.10. The standard InChI is InChI=1S/2C10H8O5.Ni/c2*1-6(11)15-10(14)8-5-3-2-4-7(8)9(12)13;/h2*2-5H,1H3,(H,12,13);/q;;+2/p-2. The first kappa shape index (κ1) is 27.2. The molecule has 0 N–H and O–H groups in total. The summed E-state index contributed by atoms with van der Waals surface area (Å²) in [5, 5.41) is 21.2. The molecule has 31 heavy (non-hydrogen) atoms. The number of hydrogen-bond acceptors (Lipinski definition) is 10. The Balaban J connectivity index is 0.000000562. The maximum atomic E-state index is 11.2. The van der Waals surface area contributed by atoms with Crippen molar-refractivity contribution in [1.29, 1.82) is 0 Å². The fourth-order valence-electron chi connectivity index (χ4n) is 2.05. The molecule has 0 radical (unpaired) electrons. The summed E-state index contributed by atoms with van der Waals surface area (Å²) < 4.78 is 8.52. The Hall–Kier alpha value is -3.85. The van der Waals surface area contributed by atoms with Gasteiger partial charge in [0.2, 0.25) is 0 Å². The van der Waals surface area contributed by atoms with E-state index < -0.39 is 35.8 Å². The molecule has 0 aliphatic heterocycles. The van der Waals surface area contributed by atoms with E-state index in [1.54, 1.807) is 0 Å². The monoisotopic (exact) mass is 472 g/mol. The Morgan fingerprint density at radius 2 is 0.839 bits per heavy atom. The number of benzene rings is 2. The van der Waals surface area contributed by atoms with Crippen LogP contribution in [0.1, 0.15) is 55.3 Å². The molecule has 0 bridgehead atoms. The van der Waals surface area contributed by atoms with Gasteiger partial charge in [-0.3, -0.25) is 9.59 Å². The van der Waals surface area contributed by atoms with Crippen LogP contribution in [-0.2, 0) is 35.6 Å². The summed E-state index contributed by atoms with van der Waals surface area (Å²) in [5.74, 6) is -6.58. The number of carboxylic acid groups (broad SMARTS) is 2. The molecule has 0 aromatic heterocycles. The molecule has 0 aliphatic carbocycles. The van der Waals surface area contributed by atoms with E-state index in [0.717, 1.165) is 13.8 Å². The number of aromatic carboxylic acids is 2. The molecule has 11 heteroatoms. The van der Waals surface area contributed by atoms with Gasteiger partial charge < -0.3 is 29.3 Å². The summed E-state index contributed by atoms with van der Waals surface area (Å²) in [7, 11) is 0. The zero-order chi connectivity index (χ0) is 22.8. The molecule has 2 rings (SSSR count). The molecule has 2 aromatic rings. The van der Waals surface area contributed by atoms with E-state index in [1.165, 1.54) is 48.5 Å². The first-order chi connectivity index (χ1) is 14.0. The Bertz CT molecular complexity index is 931. The fourth-order valence-corrected chi connectivity index (χ4v) is 2.05. The number of ether oxygens (including phenoxy) is 2. The van der Waals surface area contributed by atoms with Crippen molar-refractivity contribution in [2.75, 3.05) is 0 Å². The molecular formula is C20H14NiO10. The third-order valence-electron chi connectivity index (χ3n) is 3.21. The quantitative estimate of drug-likeness (QED) is 0.321. The van der Waals surface area contributed by atoms with E-state index in [-0.39, 0.29) is 38.7 Å². The number of esters is 4. The third kappa shape index (κ3) is 8.59. The van der Waals surface area contributed by atoms with Crippen molar-refractivity contribution in [3.63, 3.8) is 0 Å².